The van der Waals surface area contributed by atoms with Gasteiger partial charge in [0, 0.05) is 38.3 Å². The summed E-state index contributed by atoms with van der Waals surface area (Å²) < 4.78 is 17.4. The molecule has 1 aliphatic rings. The van der Waals surface area contributed by atoms with Crippen molar-refractivity contribution in [3.05, 3.63) is 62.8 Å². The van der Waals surface area contributed by atoms with Gasteiger partial charge in [0.15, 0.2) is 5.76 Å². The normalized spacial score (nSPS) is 14.4. The summed E-state index contributed by atoms with van der Waals surface area (Å²) in [5, 5.41) is 10.6. The zero-order chi connectivity index (χ0) is 21.7. The molecular formula is C23H26BrNO5. The van der Waals surface area contributed by atoms with Gasteiger partial charge in [-0.2, -0.15) is 0 Å². The molecule has 1 N–H and O–H groups in total. The Morgan fingerprint density at radius 1 is 1.13 bits per heavy atom. The number of aromatic hydroxyl groups is 1. The number of carbonyl (C=O) groups excluding carboxylic acids is 1. The number of rotatable bonds is 9. The standard InChI is InChI=1S/C23H26BrNO5/c1-15-12-19(26)18(14-25(8-10-28-2)9-11-29-3)23-21(15)22(27)20(30-23)13-16-4-6-17(24)7-5-16/h4-7,12-13,26H,8-11,14H2,1-3H3/b20-13+. The van der Waals surface area contributed by atoms with E-state index in [0.29, 0.717) is 55.3 Å². The third-order valence-electron chi connectivity index (χ3n) is 4.99. The molecule has 0 bridgehead atoms. The fourth-order valence-electron chi connectivity index (χ4n) is 3.38. The number of Topliss-reactive ketones (excluding diaryl/α,β-unsaturated/α-hetero) is 1. The SMILES string of the molecule is COCCN(CCOC)Cc1c(O)cc(C)c2c1O/C(=C/c1ccc(Br)cc1)C2=O. The Hall–Kier alpha value is -2.19. The Bertz CT molecular complexity index is 932. The first-order valence-electron chi connectivity index (χ1n) is 9.70. The summed E-state index contributed by atoms with van der Waals surface area (Å²) in [5.41, 5.74) is 2.65. The number of fused-ring (bicyclic) bond motifs is 1. The molecule has 0 atom stereocenters. The Morgan fingerprint density at radius 2 is 1.77 bits per heavy atom. The minimum Gasteiger partial charge on any atom is -0.507 e. The van der Waals surface area contributed by atoms with E-state index in [1.807, 2.05) is 24.3 Å². The second kappa shape index (κ2) is 10.2. The third kappa shape index (κ3) is 5.10. The summed E-state index contributed by atoms with van der Waals surface area (Å²) in [6.07, 6.45) is 1.72. The fraction of sp³-hybridized carbons (Fsp3) is 0.348. The molecule has 1 aliphatic heterocycles. The van der Waals surface area contributed by atoms with Crippen LogP contribution in [0.25, 0.3) is 6.08 Å². The number of hydrogen-bond acceptors (Lipinski definition) is 6. The average molecular weight is 476 g/mol. The van der Waals surface area contributed by atoms with Crippen LogP contribution in [-0.4, -0.2) is 56.3 Å². The van der Waals surface area contributed by atoms with E-state index in [1.54, 1.807) is 33.3 Å². The number of allylic oxidation sites excluding steroid dienone is 1. The van der Waals surface area contributed by atoms with Crippen molar-refractivity contribution in [2.45, 2.75) is 13.5 Å². The predicted molar refractivity (Wildman–Crippen MR) is 119 cm³/mol. The molecule has 0 aromatic heterocycles. The van der Waals surface area contributed by atoms with Crippen LogP contribution < -0.4 is 4.74 Å². The van der Waals surface area contributed by atoms with Gasteiger partial charge in [0.25, 0.3) is 0 Å². The van der Waals surface area contributed by atoms with Crippen LogP contribution >= 0.6 is 15.9 Å². The molecule has 160 valence electrons. The minimum absolute atomic E-state index is 0.115. The summed E-state index contributed by atoms with van der Waals surface area (Å²) in [7, 11) is 3.30. The van der Waals surface area contributed by atoms with Gasteiger partial charge in [-0.1, -0.05) is 28.1 Å². The monoisotopic (exact) mass is 475 g/mol. The van der Waals surface area contributed by atoms with Gasteiger partial charge < -0.3 is 19.3 Å². The summed E-state index contributed by atoms with van der Waals surface area (Å²) in [6.45, 7) is 4.65. The van der Waals surface area contributed by atoms with Crippen LogP contribution in [0.1, 0.15) is 27.0 Å². The lowest BCUT2D eigenvalue weighted by Gasteiger charge is -2.23. The zero-order valence-corrected chi connectivity index (χ0v) is 19.0. The van der Waals surface area contributed by atoms with E-state index in [-0.39, 0.29) is 17.3 Å². The van der Waals surface area contributed by atoms with Crippen molar-refractivity contribution in [3.8, 4) is 11.5 Å². The van der Waals surface area contributed by atoms with Crippen LogP contribution in [0.5, 0.6) is 11.5 Å². The Labute approximate surface area is 185 Å². The van der Waals surface area contributed by atoms with Gasteiger partial charge in [-0.15, -0.1) is 0 Å². The number of hydrogen-bond donors (Lipinski definition) is 1. The van der Waals surface area contributed by atoms with Crippen molar-refractivity contribution < 1.29 is 24.1 Å². The first-order valence-corrected chi connectivity index (χ1v) is 10.5. The van der Waals surface area contributed by atoms with Crippen LogP contribution in [0.15, 0.2) is 40.6 Å². The van der Waals surface area contributed by atoms with Gasteiger partial charge in [0.2, 0.25) is 5.78 Å². The van der Waals surface area contributed by atoms with Crippen LogP contribution in [0.2, 0.25) is 0 Å². The number of ether oxygens (including phenoxy) is 3. The number of ketones is 1. The topological polar surface area (TPSA) is 68.2 Å². The number of methoxy groups -OCH3 is 2. The first kappa shape index (κ1) is 22.5. The van der Waals surface area contributed by atoms with Crippen molar-refractivity contribution in [1.29, 1.82) is 0 Å². The highest BCUT2D eigenvalue weighted by Crippen LogP contribution is 2.42. The fourth-order valence-corrected chi connectivity index (χ4v) is 3.64. The quantitative estimate of drug-likeness (QED) is 0.548. The molecule has 7 heteroatoms. The molecule has 6 nitrogen and oxygen atoms in total. The molecule has 30 heavy (non-hydrogen) atoms. The maximum absolute atomic E-state index is 13.0. The number of benzene rings is 2. The molecule has 0 aliphatic carbocycles. The van der Waals surface area contributed by atoms with E-state index < -0.39 is 0 Å². The molecule has 0 saturated heterocycles. The molecule has 0 spiro atoms. The molecule has 0 radical (unpaired) electrons. The highest BCUT2D eigenvalue weighted by atomic mass is 79.9. The third-order valence-corrected chi connectivity index (χ3v) is 5.52. The number of nitrogens with zero attached hydrogens (tertiary/aromatic N) is 1. The molecule has 0 saturated carbocycles. The second-order valence-electron chi connectivity index (χ2n) is 7.15. The van der Waals surface area contributed by atoms with Crippen molar-refractivity contribution in [2.75, 3.05) is 40.5 Å². The average Bonchev–Trinajstić information content (AvgIpc) is 3.04. The van der Waals surface area contributed by atoms with E-state index in [2.05, 4.69) is 20.8 Å². The van der Waals surface area contributed by atoms with Crippen molar-refractivity contribution in [2.24, 2.45) is 0 Å². The Kier molecular flexibility index (Phi) is 7.66. The number of halogens is 1. The van der Waals surface area contributed by atoms with Crippen LogP contribution in [-0.2, 0) is 16.0 Å². The summed E-state index contributed by atoms with van der Waals surface area (Å²) in [4.78, 5) is 15.1. The van der Waals surface area contributed by atoms with Crippen molar-refractivity contribution in [3.63, 3.8) is 0 Å². The summed E-state index contributed by atoms with van der Waals surface area (Å²) >= 11 is 3.41. The Balaban J connectivity index is 1.94. The number of phenolic OH excluding ortho intramolecular Hbond substituents is 1. The Morgan fingerprint density at radius 3 is 2.37 bits per heavy atom. The highest BCUT2D eigenvalue weighted by molar-refractivity contribution is 9.10. The molecule has 3 rings (SSSR count). The number of phenols is 1. The largest absolute Gasteiger partial charge is 0.507 e. The van der Waals surface area contributed by atoms with Crippen molar-refractivity contribution in [1.82, 2.24) is 4.90 Å². The van der Waals surface area contributed by atoms with Crippen LogP contribution in [0.4, 0.5) is 0 Å². The van der Waals surface area contributed by atoms with Crippen LogP contribution in [0.3, 0.4) is 0 Å². The van der Waals surface area contributed by atoms with Gasteiger partial charge in [-0.25, -0.2) is 0 Å². The van der Waals surface area contributed by atoms with Gasteiger partial charge in [0.1, 0.15) is 11.5 Å². The maximum Gasteiger partial charge on any atom is 0.232 e. The van der Waals surface area contributed by atoms with E-state index in [9.17, 15) is 9.90 Å². The zero-order valence-electron chi connectivity index (χ0n) is 17.4. The lowest BCUT2D eigenvalue weighted by Crippen LogP contribution is -2.30. The predicted octanol–water partition coefficient (Wildman–Crippen LogP) is 4.17. The summed E-state index contributed by atoms with van der Waals surface area (Å²) in [6, 6.07) is 9.25. The lowest BCUT2D eigenvalue weighted by atomic mass is 9.99. The minimum atomic E-state index is -0.174. The van der Waals surface area contributed by atoms with E-state index in [1.165, 1.54) is 0 Å². The maximum atomic E-state index is 13.0. The molecule has 0 unspecified atom stereocenters. The van der Waals surface area contributed by atoms with E-state index in [4.69, 9.17) is 14.2 Å². The van der Waals surface area contributed by atoms with E-state index in [0.717, 1.165) is 10.0 Å². The van der Waals surface area contributed by atoms with Gasteiger partial charge >= 0.3 is 0 Å². The van der Waals surface area contributed by atoms with Gasteiger partial charge in [-0.3, -0.25) is 9.69 Å². The molecule has 0 amide bonds. The second-order valence-corrected chi connectivity index (χ2v) is 8.06. The molecule has 0 fully saturated rings. The van der Waals surface area contributed by atoms with Crippen LogP contribution in [0, 0.1) is 6.92 Å². The first-order chi connectivity index (χ1) is 14.4. The molecule has 1 heterocycles. The van der Waals surface area contributed by atoms with Gasteiger partial charge in [0.05, 0.1) is 24.3 Å². The number of aryl methyl sites for hydroxylation is 1. The smallest absolute Gasteiger partial charge is 0.232 e. The van der Waals surface area contributed by atoms with E-state index >= 15 is 0 Å². The van der Waals surface area contributed by atoms with Crippen molar-refractivity contribution >= 4 is 27.8 Å². The summed E-state index contributed by atoms with van der Waals surface area (Å²) in [5.74, 6) is 0.624. The lowest BCUT2D eigenvalue weighted by molar-refractivity contribution is 0.101. The molecular weight excluding hydrogens is 450 g/mol. The molecule has 2 aromatic rings. The number of carbonyl (C=O) groups is 1. The molecule has 2 aromatic carbocycles. The van der Waals surface area contributed by atoms with Gasteiger partial charge in [-0.05, 0) is 42.3 Å². The highest BCUT2D eigenvalue weighted by Gasteiger charge is 2.33.